The van der Waals surface area contributed by atoms with E-state index in [1.807, 2.05) is 25.1 Å². The van der Waals surface area contributed by atoms with Gasteiger partial charge in [0.25, 0.3) is 0 Å². The van der Waals surface area contributed by atoms with Gasteiger partial charge in [0.1, 0.15) is 0 Å². The zero-order valence-electron chi connectivity index (χ0n) is 7.51. The Morgan fingerprint density at radius 2 is 1.71 bits per heavy atom. The van der Waals surface area contributed by atoms with Crippen molar-refractivity contribution in [3.05, 3.63) is 40.0 Å². The second-order valence-electron chi connectivity index (χ2n) is 3.09. The molecule has 0 spiro atoms. The highest BCUT2D eigenvalue weighted by Gasteiger charge is 2.03. The van der Waals surface area contributed by atoms with Crippen molar-refractivity contribution in [2.45, 2.75) is 6.92 Å². The molecule has 1 N–H and O–H groups in total. The first kappa shape index (κ1) is 9.56. The molecule has 0 aliphatic rings. The van der Waals surface area contributed by atoms with Crippen LogP contribution >= 0.6 is 23.2 Å². The van der Waals surface area contributed by atoms with E-state index in [-0.39, 0.29) is 0 Å². The van der Waals surface area contributed by atoms with Crippen LogP contribution in [0.15, 0.2) is 24.3 Å². The topological polar surface area (TPSA) is 28.7 Å². The molecule has 1 aromatic heterocycles. The molecule has 0 radical (unpaired) electrons. The highest BCUT2D eigenvalue weighted by atomic mass is 35.5. The number of nitrogens with one attached hydrogen (secondary N) is 1. The summed E-state index contributed by atoms with van der Waals surface area (Å²) in [6.07, 6.45) is 0. The molecule has 4 heteroatoms. The number of halogens is 2. The normalized spacial score (nSPS) is 10.5. The fourth-order valence-electron chi connectivity index (χ4n) is 1.27. The van der Waals surface area contributed by atoms with Crippen LogP contribution in [0.1, 0.15) is 5.69 Å². The summed E-state index contributed by atoms with van der Waals surface area (Å²) in [5.74, 6) is 0. The summed E-state index contributed by atoms with van der Waals surface area (Å²) in [7, 11) is 0. The third kappa shape index (κ3) is 1.91. The average molecular weight is 227 g/mol. The largest absolute Gasteiger partial charge is 0.282 e. The lowest BCUT2D eigenvalue weighted by Gasteiger charge is -1.98. The van der Waals surface area contributed by atoms with E-state index in [1.54, 1.807) is 6.07 Å². The zero-order chi connectivity index (χ0) is 10.1. The Balaban J connectivity index is 2.51. The SMILES string of the molecule is Cc1cc(-c2cc(Cl)cc(Cl)c2)n[nH]1. The molecule has 0 amide bonds. The zero-order valence-corrected chi connectivity index (χ0v) is 9.02. The van der Waals surface area contributed by atoms with Gasteiger partial charge in [-0.1, -0.05) is 23.2 Å². The Hall–Kier alpha value is -0.990. The summed E-state index contributed by atoms with van der Waals surface area (Å²) in [6.45, 7) is 1.95. The summed E-state index contributed by atoms with van der Waals surface area (Å²) in [5, 5.41) is 8.23. The van der Waals surface area contributed by atoms with Gasteiger partial charge >= 0.3 is 0 Å². The van der Waals surface area contributed by atoms with Crippen LogP contribution in [-0.4, -0.2) is 10.2 Å². The van der Waals surface area contributed by atoms with Gasteiger partial charge in [-0.15, -0.1) is 0 Å². The maximum atomic E-state index is 5.88. The number of hydrogen-bond acceptors (Lipinski definition) is 1. The Morgan fingerprint density at radius 3 is 2.21 bits per heavy atom. The molecular weight excluding hydrogens is 219 g/mol. The summed E-state index contributed by atoms with van der Waals surface area (Å²) in [6, 6.07) is 7.32. The van der Waals surface area contributed by atoms with Crippen molar-refractivity contribution in [2.24, 2.45) is 0 Å². The van der Waals surface area contributed by atoms with Gasteiger partial charge < -0.3 is 0 Å². The fourth-order valence-corrected chi connectivity index (χ4v) is 1.79. The van der Waals surface area contributed by atoms with Crippen molar-refractivity contribution in [3.8, 4) is 11.3 Å². The van der Waals surface area contributed by atoms with Crippen LogP contribution in [0.25, 0.3) is 11.3 Å². The van der Waals surface area contributed by atoms with Gasteiger partial charge in [0.05, 0.1) is 5.69 Å². The molecule has 0 aliphatic carbocycles. The van der Waals surface area contributed by atoms with Gasteiger partial charge in [0.15, 0.2) is 0 Å². The molecule has 0 saturated carbocycles. The molecule has 0 bridgehead atoms. The number of aromatic amines is 1. The van der Waals surface area contributed by atoms with Gasteiger partial charge in [-0.05, 0) is 31.2 Å². The molecule has 14 heavy (non-hydrogen) atoms. The van der Waals surface area contributed by atoms with Gasteiger partial charge in [0, 0.05) is 21.3 Å². The van der Waals surface area contributed by atoms with Crippen molar-refractivity contribution in [2.75, 3.05) is 0 Å². The number of aromatic nitrogens is 2. The van der Waals surface area contributed by atoms with Crippen LogP contribution in [0.4, 0.5) is 0 Å². The Bertz CT molecular complexity index is 443. The van der Waals surface area contributed by atoms with E-state index < -0.39 is 0 Å². The molecule has 0 atom stereocenters. The van der Waals surface area contributed by atoms with Crippen LogP contribution in [-0.2, 0) is 0 Å². The molecule has 2 nitrogen and oxygen atoms in total. The first-order chi connectivity index (χ1) is 6.65. The molecule has 0 fully saturated rings. The Morgan fingerprint density at radius 1 is 1.07 bits per heavy atom. The maximum Gasteiger partial charge on any atom is 0.0924 e. The van der Waals surface area contributed by atoms with Crippen LogP contribution in [0.5, 0.6) is 0 Å². The van der Waals surface area contributed by atoms with Crippen molar-refractivity contribution < 1.29 is 0 Å². The first-order valence-electron chi connectivity index (χ1n) is 4.13. The molecule has 1 heterocycles. The number of aryl methyl sites for hydroxylation is 1. The maximum absolute atomic E-state index is 5.88. The van der Waals surface area contributed by atoms with Gasteiger partial charge in [0.2, 0.25) is 0 Å². The predicted octanol–water partition coefficient (Wildman–Crippen LogP) is 3.69. The monoisotopic (exact) mass is 226 g/mol. The third-order valence-electron chi connectivity index (χ3n) is 1.86. The summed E-state index contributed by atoms with van der Waals surface area (Å²) >= 11 is 11.8. The second-order valence-corrected chi connectivity index (χ2v) is 3.97. The molecule has 1 aromatic carbocycles. The van der Waals surface area contributed by atoms with Gasteiger partial charge in [-0.2, -0.15) is 5.10 Å². The Labute approximate surface area is 91.9 Å². The minimum atomic E-state index is 0.619. The van der Waals surface area contributed by atoms with Crippen LogP contribution in [0, 0.1) is 6.92 Å². The number of H-pyrrole nitrogens is 1. The highest BCUT2D eigenvalue weighted by Crippen LogP contribution is 2.26. The third-order valence-corrected chi connectivity index (χ3v) is 2.30. The van der Waals surface area contributed by atoms with E-state index in [0.29, 0.717) is 10.0 Å². The second kappa shape index (κ2) is 3.64. The van der Waals surface area contributed by atoms with E-state index in [1.165, 1.54) is 0 Å². The van der Waals surface area contributed by atoms with E-state index in [9.17, 15) is 0 Å². The van der Waals surface area contributed by atoms with E-state index in [4.69, 9.17) is 23.2 Å². The molecule has 0 aliphatic heterocycles. The molecule has 2 aromatic rings. The van der Waals surface area contributed by atoms with Gasteiger partial charge in [-0.3, -0.25) is 5.10 Å². The van der Waals surface area contributed by atoms with Crippen molar-refractivity contribution >= 4 is 23.2 Å². The molecule has 72 valence electrons. The minimum Gasteiger partial charge on any atom is -0.282 e. The highest BCUT2D eigenvalue weighted by molar-refractivity contribution is 6.35. The lowest BCUT2D eigenvalue weighted by atomic mass is 10.1. The summed E-state index contributed by atoms with van der Waals surface area (Å²) < 4.78 is 0. The molecule has 2 rings (SSSR count). The number of rotatable bonds is 1. The van der Waals surface area contributed by atoms with Crippen molar-refractivity contribution in [1.29, 1.82) is 0 Å². The number of nitrogens with zero attached hydrogens (tertiary/aromatic N) is 1. The Kier molecular flexibility index (Phi) is 2.48. The molecule has 0 unspecified atom stereocenters. The van der Waals surface area contributed by atoms with Crippen molar-refractivity contribution in [3.63, 3.8) is 0 Å². The molecular formula is C10H8Cl2N2. The smallest absolute Gasteiger partial charge is 0.0924 e. The summed E-state index contributed by atoms with van der Waals surface area (Å²) in [4.78, 5) is 0. The van der Waals surface area contributed by atoms with E-state index >= 15 is 0 Å². The lowest BCUT2D eigenvalue weighted by molar-refractivity contribution is 1.05. The number of benzene rings is 1. The number of hydrogen-bond donors (Lipinski definition) is 1. The molecule has 0 saturated heterocycles. The van der Waals surface area contributed by atoms with E-state index in [0.717, 1.165) is 17.0 Å². The fraction of sp³-hybridized carbons (Fsp3) is 0.100. The lowest BCUT2D eigenvalue weighted by Crippen LogP contribution is -1.78. The minimum absolute atomic E-state index is 0.619. The van der Waals surface area contributed by atoms with E-state index in [2.05, 4.69) is 10.2 Å². The summed E-state index contributed by atoms with van der Waals surface area (Å²) in [5.41, 5.74) is 2.79. The average Bonchev–Trinajstić information content (AvgIpc) is 2.50. The predicted molar refractivity (Wildman–Crippen MR) is 58.8 cm³/mol. The van der Waals surface area contributed by atoms with Crippen LogP contribution in [0.3, 0.4) is 0 Å². The van der Waals surface area contributed by atoms with Crippen molar-refractivity contribution in [1.82, 2.24) is 10.2 Å². The van der Waals surface area contributed by atoms with Gasteiger partial charge in [-0.25, -0.2) is 0 Å². The quantitative estimate of drug-likeness (QED) is 0.790. The van der Waals surface area contributed by atoms with Crippen LogP contribution < -0.4 is 0 Å². The first-order valence-corrected chi connectivity index (χ1v) is 4.89. The standard InChI is InChI=1S/C10H8Cl2N2/c1-6-2-10(14-13-6)7-3-8(11)5-9(12)4-7/h2-5H,1H3,(H,13,14). The van der Waals surface area contributed by atoms with Crippen LogP contribution in [0.2, 0.25) is 10.0 Å².